The van der Waals surface area contributed by atoms with E-state index in [-0.39, 0.29) is 6.42 Å². The van der Waals surface area contributed by atoms with E-state index >= 15 is 0 Å². The van der Waals surface area contributed by atoms with Crippen LogP contribution in [0.15, 0.2) is 0 Å². The average molecular weight is 269 g/mol. The van der Waals surface area contributed by atoms with Gasteiger partial charge in [0.15, 0.2) is 6.42 Å². The van der Waals surface area contributed by atoms with E-state index in [1.54, 1.807) is 0 Å². The zero-order valence-corrected chi connectivity index (χ0v) is 8.72. The van der Waals surface area contributed by atoms with Gasteiger partial charge in [0.05, 0.1) is 16.8 Å². The normalized spacial score (nSPS) is 11.9. The lowest BCUT2D eigenvalue weighted by atomic mass is 10.1. The second-order valence-corrected chi connectivity index (χ2v) is 3.29. The van der Waals surface area contributed by atoms with Crippen LogP contribution < -0.4 is 0 Å². The van der Waals surface area contributed by atoms with Gasteiger partial charge in [-0.2, -0.15) is 0 Å². The van der Waals surface area contributed by atoms with Crippen molar-refractivity contribution in [3.05, 3.63) is 46.9 Å². The zero-order chi connectivity index (χ0) is 14.7. The average Bonchev–Trinajstić information content (AvgIpc) is 2.23. The van der Waals surface area contributed by atoms with Crippen LogP contribution in [0.25, 0.3) is 0 Å². The Hall–Kier alpha value is -2.47. The van der Waals surface area contributed by atoms with Gasteiger partial charge in [0.1, 0.15) is 16.3 Å². The molecule has 0 aliphatic heterocycles. The molecule has 18 heavy (non-hydrogen) atoms. The van der Waals surface area contributed by atoms with Crippen LogP contribution in [0.2, 0.25) is 0 Å². The highest BCUT2D eigenvalue weighted by molar-refractivity contribution is 4.81. The fourth-order valence-electron chi connectivity index (χ4n) is 0.755. The number of hydrogen-bond acceptors (Lipinski definition) is 8. The first-order chi connectivity index (χ1) is 7.98. The number of rotatable bonds is 7. The maximum Gasteiger partial charge on any atom is 0.618 e. The van der Waals surface area contributed by atoms with Crippen molar-refractivity contribution in [1.82, 2.24) is 0 Å². The van der Waals surface area contributed by atoms with Gasteiger partial charge >= 0.3 is 11.6 Å². The predicted molar refractivity (Wildman–Crippen MR) is 49.1 cm³/mol. The molecule has 0 aliphatic rings. The second kappa shape index (κ2) is 4.80. The van der Waals surface area contributed by atoms with Crippen molar-refractivity contribution in [3.8, 4) is 0 Å². The summed E-state index contributed by atoms with van der Waals surface area (Å²) in [6, 6.07) is 0. The smallest absolute Gasteiger partial charge is 0.258 e. The van der Waals surface area contributed by atoms with E-state index in [0.717, 1.165) is 0 Å². The van der Waals surface area contributed by atoms with Gasteiger partial charge in [-0.3, -0.25) is 40.5 Å². The highest BCUT2D eigenvalue weighted by Crippen LogP contribution is 2.25. The van der Waals surface area contributed by atoms with Crippen LogP contribution in [0, 0.1) is 46.9 Å². The molecule has 0 amide bonds. The molecule has 0 aromatic heterocycles. The van der Waals surface area contributed by atoms with Crippen molar-refractivity contribution in [1.29, 1.82) is 0 Å². The fourth-order valence-corrected chi connectivity index (χ4v) is 0.755. The molecule has 0 N–H and O–H groups in total. The molecule has 0 saturated carbocycles. The van der Waals surface area contributed by atoms with Gasteiger partial charge in [-0.15, -0.1) is 0 Å². The molecular formula is C5H6FN4O8. The van der Waals surface area contributed by atoms with E-state index in [9.17, 15) is 44.8 Å². The maximum absolute atomic E-state index is 13.2. The molecule has 0 saturated heterocycles. The predicted octanol–water partition coefficient (Wildman–Crippen LogP) is 0.0271. The minimum absolute atomic E-state index is 0.321. The van der Waals surface area contributed by atoms with E-state index in [1.165, 1.54) is 0 Å². The summed E-state index contributed by atoms with van der Waals surface area (Å²) in [6.45, 7) is 0.448. The molecule has 0 atom stereocenters. The van der Waals surface area contributed by atoms with E-state index in [2.05, 4.69) is 0 Å². The Bertz CT molecular complexity index is 344. The summed E-state index contributed by atoms with van der Waals surface area (Å²) in [7, 11) is 0. The molecule has 0 bridgehead atoms. The third-order valence-electron chi connectivity index (χ3n) is 2.05. The van der Waals surface area contributed by atoms with Crippen molar-refractivity contribution in [2.75, 3.05) is 0 Å². The van der Waals surface area contributed by atoms with Gasteiger partial charge in [0.25, 0.3) is 0 Å². The van der Waals surface area contributed by atoms with Crippen LogP contribution in [0.4, 0.5) is 4.39 Å². The van der Waals surface area contributed by atoms with Gasteiger partial charge in [-0.1, -0.05) is 4.39 Å². The van der Waals surface area contributed by atoms with Crippen LogP contribution in [0.5, 0.6) is 0 Å². The lowest BCUT2D eigenvalue weighted by Gasteiger charge is -2.13. The lowest BCUT2D eigenvalue weighted by Crippen LogP contribution is -2.48. The Balaban J connectivity index is 5.14. The first kappa shape index (κ1) is 15.5. The highest BCUT2D eigenvalue weighted by atomic mass is 19.2. The first-order valence-corrected chi connectivity index (χ1v) is 4.09. The Labute approximate surface area is 97.0 Å². The molecule has 0 aromatic carbocycles. The van der Waals surface area contributed by atoms with Crippen LogP contribution in [0.1, 0.15) is 13.3 Å². The molecule has 101 valence electrons. The van der Waals surface area contributed by atoms with Gasteiger partial charge in [0.2, 0.25) is 0 Å². The number of hydrogen-bond donors (Lipinski definition) is 0. The molecule has 12 nitrogen and oxygen atoms in total. The van der Waals surface area contributed by atoms with Gasteiger partial charge in [0, 0.05) is 0 Å². The minimum Gasteiger partial charge on any atom is -0.258 e. The van der Waals surface area contributed by atoms with Crippen molar-refractivity contribution in [2.45, 2.75) is 24.9 Å². The quantitative estimate of drug-likeness (QED) is 0.269. The maximum atomic E-state index is 13.2. The number of halogens is 1. The number of alkyl halides is 1. The molecule has 13 heteroatoms. The molecule has 0 aromatic rings. The van der Waals surface area contributed by atoms with Gasteiger partial charge in [-0.05, 0) is 0 Å². The van der Waals surface area contributed by atoms with Crippen molar-refractivity contribution in [3.63, 3.8) is 0 Å². The van der Waals surface area contributed by atoms with Crippen LogP contribution in [-0.2, 0) is 0 Å². The van der Waals surface area contributed by atoms with E-state index in [4.69, 9.17) is 0 Å². The Morgan fingerprint density at radius 1 is 0.944 bits per heavy atom. The summed E-state index contributed by atoms with van der Waals surface area (Å²) >= 11 is 0. The number of nitrogens with zero attached hydrogens (tertiary/aromatic N) is 4. The van der Waals surface area contributed by atoms with E-state index in [0.29, 0.717) is 6.92 Å². The van der Waals surface area contributed by atoms with Gasteiger partial charge < -0.3 is 0 Å². The molecule has 0 fully saturated rings. The summed E-state index contributed by atoms with van der Waals surface area (Å²) in [5.41, 5.74) is -2.98. The molecule has 0 aliphatic carbocycles. The van der Waals surface area contributed by atoms with E-state index in [1.807, 2.05) is 0 Å². The number of nitro groups is 4. The summed E-state index contributed by atoms with van der Waals surface area (Å²) < 4.78 is 13.2. The molecule has 1 radical (unpaired) electrons. The Morgan fingerprint density at radius 3 is 1.50 bits per heavy atom. The SMILES string of the molecule is CC(C[CH]C(F)([N+](=O)[O-])[N+](=O)[O-])([N+](=O)[O-])[N+](=O)[O-]. The molecular weight excluding hydrogens is 263 g/mol. The van der Waals surface area contributed by atoms with Gasteiger partial charge in [-0.25, -0.2) is 0 Å². The molecule has 0 heterocycles. The third-order valence-corrected chi connectivity index (χ3v) is 2.05. The fraction of sp³-hybridized carbons (Fsp3) is 0.800. The van der Waals surface area contributed by atoms with Crippen LogP contribution >= 0.6 is 0 Å². The summed E-state index contributed by atoms with van der Waals surface area (Å²) in [5, 5.41) is 41.1. The van der Waals surface area contributed by atoms with Crippen molar-refractivity contribution >= 4 is 0 Å². The summed E-state index contributed by atoms with van der Waals surface area (Å²) in [5.74, 6) is -4.31. The zero-order valence-electron chi connectivity index (χ0n) is 8.72. The Morgan fingerprint density at radius 2 is 1.28 bits per heavy atom. The van der Waals surface area contributed by atoms with Crippen molar-refractivity contribution < 1.29 is 24.1 Å². The second-order valence-electron chi connectivity index (χ2n) is 3.29. The molecule has 0 unspecified atom stereocenters. The van der Waals surface area contributed by atoms with Crippen LogP contribution in [0.3, 0.4) is 0 Å². The monoisotopic (exact) mass is 269 g/mol. The minimum atomic E-state index is -4.31. The highest BCUT2D eigenvalue weighted by Gasteiger charge is 2.63. The summed E-state index contributed by atoms with van der Waals surface area (Å²) in [6.07, 6.45) is -1.75. The lowest BCUT2D eigenvalue weighted by molar-refractivity contribution is -0.826. The summed E-state index contributed by atoms with van der Waals surface area (Å²) in [4.78, 5) is 34.3. The standard InChI is InChI=1S/C5H6FN4O8/c1-4(7(11)12,8(13)14)2-3-5(6,9(15)16)10(17)18/h3H,2H2,1H3. The Kier molecular flexibility index (Phi) is 4.14. The molecule has 0 spiro atoms. The largest absolute Gasteiger partial charge is 0.618 e. The first-order valence-electron chi connectivity index (χ1n) is 4.09. The van der Waals surface area contributed by atoms with E-state index < -0.39 is 37.7 Å². The molecule has 0 rings (SSSR count). The topological polar surface area (TPSA) is 173 Å². The van der Waals surface area contributed by atoms with Crippen LogP contribution in [-0.4, -0.2) is 31.3 Å². The van der Waals surface area contributed by atoms with Crippen molar-refractivity contribution in [2.24, 2.45) is 0 Å². The third kappa shape index (κ3) is 2.61.